The molecule has 2 aliphatic heterocycles. The third-order valence-corrected chi connectivity index (χ3v) is 5.78. The van der Waals surface area contributed by atoms with Crippen molar-refractivity contribution < 1.29 is 23.9 Å². The second-order valence-electron chi connectivity index (χ2n) is 7.82. The van der Waals surface area contributed by atoms with Crippen molar-refractivity contribution in [2.45, 2.75) is 44.7 Å². The number of thioether (sulfide) groups is 1. The largest absolute Gasteiger partial charge is 0.455 e. The van der Waals surface area contributed by atoms with Crippen LogP contribution < -0.4 is 5.32 Å². The molecule has 2 heterocycles. The van der Waals surface area contributed by atoms with E-state index in [1.807, 2.05) is 13.0 Å². The Kier molecular flexibility index (Phi) is 6.33. The van der Waals surface area contributed by atoms with Crippen LogP contribution in [0.2, 0.25) is 0 Å². The average molecular weight is 419 g/mol. The van der Waals surface area contributed by atoms with Crippen LogP contribution in [-0.4, -0.2) is 58.7 Å². The zero-order chi connectivity index (χ0) is 21.2. The highest BCUT2D eigenvalue weighted by Crippen LogP contribution is 2.41. The molecule has 0 bridgehead atoms. The second kappa shape index (κ2) is 8.59. The molecule has 0 spiro atoms. The van der Waals surface area contributed by atoms with Crippen LogP contribution in [0.4, 0.5) is 0 Å². The molecule has 2 atom stereocenters. The minimum Gasteiger partial charge on any atom is -0.455 e. The number of carbonyl (C=O) groups excluding carboxylic acids is 3. The number of rotatable bonds is 6. The van der Waals surface area contributed by atoms with E-state index in [9.17, 15) is 14.4 Å². The molecule has 7 nitrogen and oxygen atoms in total. The van der Waals surface area contributed by atoms with Crippen LogP contribution in [0, 0.1) is 0 Å². The van der Waals surface area contributed by atoms with Gasteiger partial charge >= 0.3 is 5.97 Å². The summed E-state index contributed by atoms with van der Waals surface area (Å²) in [4.78, 5) is 39.6. The lowest BCUT2D eigenvalue weighted by Crippen LogP contribution is -2.70. The first-order valence-electron chi connectivity index (χ1n) is 9.56. The summed E-state index contributed by atoms with van der Waals surface area (Å²) in [7, 11) is 0. The Morgan fingerprint density at radius 2 is 1.93 bits per heavy atom. The van der Waals surface area contributed by atoms with E-state index in [1.165, 1.54) is 16.7 Å². The van der Waals surface area contributed by atoms with E-state index < -0.39 is 17.6 Å². The fourth-order valence-electron chi connectivity index (χ4n) is 3.15. The molecule has 156 valence electrons. The summed E-state index contributed by atoms with van der Waals surface area (Å²) in [5, 5.41) is 2.45. The van der Waals surface area contributed by atoms with E-state index in [0.29, 0.717) is 17.9 Å². The van der Waals surface area contributed by atoms with Gasteiger partial charge in [0, 0.05) is 17.9 Å². The van der Waals surface area contributed by atoms with Crippen molar-refractivity contribution in [3.05, 3.63) is 47.2 Å². The molecular formula is C21H26N2O5S. The van der Waals surface area contributed by atoms with Crippen LogP contribution in [0.3, 0.4) is 0 Å². The van der Waals surface area contributed by atoms with Crippen molar-refractivity contribution in [2.24, 2.45) is 0 Å². The average Bonchev–Trinajstić information content (AvgIpc) is 2.68. The molecule has 3 rings (SSSR count). The maximum Gasteiger partial charge on any atom is 0.355 e. The Morgan fingerprint density at radius 3 is 2.55 bits per heavy atom. The monoisotopic (exact) mass is 418 g/mol. The third kappa shape index (κ3) is 4.64. The summed E-state index contributed by atoms with van der Waals surface area (Å²) < 4.78 is 11.0. The molecule has 1 aromatic rings. The van der Waals surface area contributed by atoms with Crippen molar-refractivity contribution in [2.75, 3.05) is 19.0 Å². The normalized spacial score (nSPS) is 21.4. The topological polar surface area (TPSA) is 84.9 Å². The highest BCUT2D eigenvalue weighted by Gasteiger charge is 2.54. The van der Waals surface area contributed by atoms with Gasteiger partial charge in [-0.1, -0.05) is 18.2 Å². The van der Waals surface area contributed by atoms with Crippen LogP contribution in [0.25, 0.3) is 0 Å². The van der Waals surface area contributed by atoms with Gasteiger partial charge in [0.15, 0.2) is 0 Å². The molecule has 8 heteroatoms. The first kappa shape index (κ1) is 21.4. The summed E-state index contributed by atoms with van der Waals surface area (Å²) in [6, 6.07) is 8.05. The van der Waals surface area contributed by atoms with Crippen LogP contribution in [-0.2, 0) is 19.1 Å². The number of hydrogen-bond acceptors (Lipinski definition) is 6. The van der Waals surface area contributed by atoms with E-state index in [1.54, 1.807) is 45.0 Å². The Hall–Kier alpha value is -2.32. The van der Waals surface area contributed by atoms with Gasteiger partial charge in [0.25, 0.3) is 11.8 Å². The maximum absolute atomic E-state index is 12.9. The van der Waals surface area contributed by atoms with Gasteiger partial charge in [-0.25, -0.2) is 4.79 Å². The van der Waals surface area contributed by atoms with E-state index >= 15 is 0 Å². The zero-order valence-corrected chi connectivity index (χ0v) is 17.9. The van der Waals surface area contributed by atoms with Gasteiger partial charge in [-0.3, -0.25) is 14.5 Å². The Morgan fingerprint density at radius 1 is 1.24 bits per heavy atom. The summed E-state index contributed by atoms with van der Waals surface area (Å²) in [6.45, 7) is 7.98. The molecule has 0 aliphatic carbocycles. The van der Waals surface area contributed by atoms with Gasteiger partial charge in [-0.2, -0.15) is 0 Å². The van der Waals surface area contributed by atoms with Crippen LogP contribution in [0.5, 0.6) is 0 Å². The maximum atomic E-state index is 12.9. The van der Waals surface area contributed by atoms with Gasteiger partial charge < -0.3 is 14.8 Å². The lowest BCUT2D eigenvalue weighted by atomic mass is 10.0. The van der Waals surface area contributed by atoms with Crippen molar-refractivity contribution >= 4 is 29.5 Å². The summed E-state index contributed by atoms with van der Waals surface area (Å²) >= 11 is 1.50. The number of carbonyl (C=O) groups is 3. The highest BCUT2D eigenvalue weighted by atomic mass is 32.2. The van der Waals surface area contributed by atoms with Gasteiger partial charge in [0.2, 0.25) is 0 Å². The molecule has 0 aromatic heterocycles. The Labute approximate surface area is 174 Å². The number of β-lactam (4-membered cyclic amide) rings is 1. The van der Waals surface area contributed by atoms with Crippen LogP contribution >= 0.6 is 11.8 Å². The van der Waals surface area contributed by atoms with E-state index in [4.69, 9.17) is 9.47 Å². The molecule has 2 amide bonds. The molecule has 1 aromatic carbocycles. The smallest absolute Gasteiger partial charge is 0.355 e. The highest BCUT2D eigenvalue weighted by molar-refractivity contribution is 8.00. The fraction of sp³-hybridized carbons (Fsp3) is 0.476. The van der Waals surface area contributed by atoms with Crippen molar-refractivity contribution in [3.8, 4) is 0 Å². The number of benzene rings is 1. The lowest BCUT2D eigenvalue weighted by molar-refractivity contribution is -0.158. The summed E-state index contributed by atoms with van der Waals surface area (Å²) in [5.41, 5.74) is 0.769. The number of nitrogens with zero attached hydrogens (tertiary/aromatic N) is 1. The molecule has 2 aliphatic rings. The van der Waals surface area contributed by atoms with Crippen molar-refractivity contribution in [3.63, 3.8) is 0 Å². The van der Waals surface area contributed by atoms with Crippen molar-refractivity contribution in [1.29, 1.82) is 0 Å². The molecule has 0 radical (unpaired) electrons. The molecular weight excluding hydrogens is 392 g/mol. The van der Waals surface area contributed by atoms with E-state index in [-0.39, 0.29) is 29.5 Å². The number of fused-ring (bicyclic) bond motifs is 1. The number of amides is 2. The number of nitrogens with one attached hydrogen (secondary N) is 1. The predicted octanol–water partition coefficient (Wildman–Crippen LogP) is 2.33. The van der Waals surface area contributed by atoms with Gasteiger partial charge in [0.05, 0.1) is 6.61 Å². The van der Waals surface area contributed by atoms with E-state index in [0.717, 1.165) is 5.57 Å². The first-order chi connectivity index (χ1) is 13.7. The number of esters is 1. The minimum atomic E-state index is -0.685. The molecule has 0 unspecified atom stereocenters. The standard InChI is InChI=1S/C21H26N2O5S/c1-5-27-11-14-12-29-19-15(22-17(24)13-9-7-6-8-10-13)18(25)23(19)16(14)20(26)28-21(2,3)4/h6-10,15,19H,5,11-12H2,1-4H3,(H,22,24)/t15-,19+/m1/s1. The number of hydrogen-bond donors (Lipinski definition) is 1. The van der Waals surface area contributed by atoms with Crippen LogP contribution in [0.1, 0.15) is 38.1 Å². The minimum absolute atomic E-state index is 0.243. The predicted molar refractivity (Wildman–Crippen MR) is 110 cm³/mol. The second-order valence-corrected chi connectivity index (χ2v) is 8.92. The molecule has 29 heavy (non-hydrogen) atoms. The Balaban J connectivity index is 1.80. The third-order valence-electron chi connectivity index (χ3n) is 4.44. The van der Waals surface area contributed by atoms with Crippen LogP contribution in [0.15, 0.2) is 41.6 Å². The Bertz CT molecular complexity index is 831. The molecule has 1 saturated heterocycles. The molecule has 0 saturated carbocycles. The molecule has 1 N–H and O–H groups in total. The van der Waals surface area contributed by atoms with Gasteiger partial charge in [0.1, 0.15) is 22.7 Å². The lowest BCUT2D eigenvalue weighted by Gasteiger charge is -2.50. The van der Waals surface area contributed by atoms with Crippen molar-refractivity contribution in [1.82, 2.24) is 10.2 Å². The van der Waals surface area contributed by atoms with Gasteiger partial charge in [-0.05, 0) is 45.4 Å². The SMILES string of the molecule is CCOCC1=C(C(=O)OC(C)(C)C)N2C(=O)[C@@H](NC(=O)c3ccccc3)[C@@H]2SC1. The summed E-state index contributed by atoms with van der Waals surface area (Å²) in [5.74, 6) is -0.645. The number of ether oxygens (including phenoxy) is 2. The quantitative estimate of drug-likeness (QED) is 0.564. The summed E-state index contributed by atoms with van der Waals surface area (Å²) in [6.07, 6.45) is 0. The van der Waals surface area contributed by atoms with E-state index in [2.05, 4.69) is 5.32 Å². The molecule has 1 fully saturated rings. The fourth-order valence-corrected chi connectivity index (χ4v) is 4.48. The van der Waals surface area contributed by atoms with Gasteiger partial charge in [-0.15, -0.1) is 11.8 Å². The zero-order valence-electron chi connectivity index (χ0n) is 17.1. The first-order valence-corrected chi connectivity index (χ1v) is 10.6.